The summed E-state index contributed by atoms with van der Waals surface area (Å²) in [6.45, 7) is 3.52. The quantitative estimate of drug-likeness (QED) is 0.119. The van der Waals surface area contributed by atoms with E-state index in [1.54, 1.807) is 91.5 Å². The molecule has 57 heavy (non-hydrogen) atoms. The van der Waals surface area contributed by atoms with Crippen LogP contribution >= 0.6 is 46.6 Å². The normalized spacial score (nSPS) is 14.5. The third-order valence-corrected chi connectivity index (χ3v) is 11.6. The summed E-state index contributed by atoms with van der Waals surface area (Å²) in [5.74, 6) is -1.38. The summed E-state index contributed by atoms with van der Waals surface area (Å²) >= 11 is 20.4. The fourth-order valence-electron chi connectivity index (χ4n) is 7.05. The zero-order valence-electron chi connectivity index (χ0n) is 30.4. The number of carbonyl (C=O) groups excluding carboxylic acids is 4. The van der Waals surface area contributed by atoms with Crippen LogP contribution in [0.2, 0.25) is 15.2 Å². The van der Waals surface area contributed by atoms with Crippen LogP contribution in [-0.4, -0.2) is 59.6 Å². The first-order valence-electron chi connectivity index (χ1n) is 17.6. The number of carbonyl (C=O) groups is 4. The second-order valence-corrected chi connectivity index (χ2v) is 15.2. The van der Waals surface area contributed by atoms with E-state index >= 15 is 0 Å². The lowest BCUT2D eigenvalue weighted by atomic mass is 10.0. The van der Waals surface area contributed by atoms with Crippen molar-refractivity contribution in [1.29, 1.82) is 0 Å². The highest BCUT2D eigenvalue weighted by atomic mass is 35.5. The van der Waals surface area contributed by atoms with Crippen molar-refractivity contribution in [3.63, 3.8) is 0 Å². The molecule has 7 aromatic rings. The van der Waals surface area contributed by atoms with Crippen molar-refractivity contribution in [2.45, 2.75) is 30.8 Å². The van der Waals surface area contributed by atoms with Crippen LogP contribution < -0.4 is 0 Å². The average Bonchev–Trinajstić information content (AvgIpc) is 3.64. The van der Waals surface area contributed by atoms with Crippen LogP contribution in [0.15, 0.2) is 114 Å². The van der Waals surface area contributed by atoms with Crippen LogP contribution in [0.3, 0.4) is 0 Å². The molecule has 0 bridgehead atoms. The number of aromatic nitrogens is 4. The molecule has 2 aliphatic rings. The largest absolute Gasteiger partial charge is 0.269 e. The lowest BCUT2D eigenvalue weighted by molar-refractivity contribution is 0.0576. The number of hydrogen-bond acceptors (Lipinski definition) is 9. The van der Waals surface area contributed by atoms with E-state index in [1.807, 2.05) is 49.6 Å². The zero-order chi connectivity index (χ0) is 40.1. The smallest absolute Gasteiger partial charge is 0.262 e. The molecule has 0 radical (unpaired) electrons. The van der Waals surface area contributed by atoms with Crippen molar-refractivity contribution in [2.24, 2.45) is 0 Å². The predicted octanol–water partition coefficient (Wildman–Crippen LogP) is 10.3. The van der Waals surface area contributed by atoms with Crippen molar-refractivity contribution in [1.82, 2.24) is 29.7 Å². The summed E-state index contributed by atoms with van der Waals surface area (Å²) < 4.78 is 0. The highest BCUT2D eigenvalue weighted by molar-refractivity contribution is 7.98. The molecule has 14 heteroatoms. The fourth-order valence-corrected chi connectivity index (χ4v) is 8.36. The summed E-state index contributed by atoms with van der Waals surface area (Å²) in [4.78, 5) is 73.6. The monoisotopic (exact) mass is 830 g/mol. The van der Waals surface area contributed by atoms with Gasteiger partial charge in [-0.25, -0.2) is 19.9 Å². The molecule has 2 aliphatic heterocycles. The van der Waals surface area contributed by atoms with Gasteiger partial charge in [0.1, 0.15) is 16.7 Å². The van der Waals surface area contributed by atoms with Crippen molar-refractivity contribution in [3.05, 3.63) is 158 Å². The molecule has 4 heterocycles. The maximum absolute atomic E-state index is 13.1. The molecule has 4 amide bonds. The minimum absolute atomic E-state index is 0.115. The van der Waals surface area contributed by atoms with Crippen molar-refractivity contribution in [3.8, 4) is 11.3 Å². The number of imide groups is 2. The Hall–Kier alpha value is -5.72. The van der Waals surface area contributed by atoms with E-state index in [4.69, 9.17) is 44.8 Å². The molecule has 0 saturated heterocycles. The summed E-state index contributed by atoms with van der Waals surface area (Å²) in [6, 6.07) is 30.8. The van der Waals surface area contributed by atoms with Crippen molar-refractivity contribution in [2.75, 3.05) is 6.26 Å². The number of benzene rings is 5. The highest BCUT2D eigenvalue weighted by Crippen LogP contribution is 2.39. The third kappa shape index (κ3) is 6.60. The molecule has 5 aromatic carbocycles. The molecule has 2 atom stereocenters. The number of fused-ring (bicyclic) bond motifs is 4. The van der Waals surface area contributed by atoms with Crippen LogP contribution in [0.5, 0.6) is 0 Å². The van der Waals surface area contributed by atoms with Gasteiger partial charge >= 0.3 is 0 Å². The minimum atomic E-state index is -0.657. The van der Waals surface area contributed by atoms with Crippen LogP contribution in [0, 0.1) is 0 Å². The first kappa shape index (κ1) is 38.2. The van der Waals surface area contributed by atoms with Crippen molar-refractivity contribution < 1.29 is 19.2 Å². The van der Waals surface area contributed by atoms with Crippen LogP contribution in [-0.2, 0) is 0 Å². The molecule has 10 nitrogen and oxygen atoms in total. The maximum Gasteiger partial charge on any atom is 0.262 e. The molecule has 9 rings (SSSR count). The third-order valence-electron chi connectivity index (χ3n) is 9.88. The molecule has 0 aliphatic carbocycles. The number of para-hydroxylation sites is 2. The number of amides is 4. The molecular formula is C43H29Cl3N6O4S. The predicted molar refractivity (Wildman–Crippen MR) is 222 cm³/mol. The first-order chi connectivity index (χ1) is 27.5. The Kier molecular flexibility index (Phi) is 10.3. The first-order valence-corrected chi connectivity index (χ1v) is 20.0. The van der Waals surface area contributed by atoms with Gasteiger partial charge in [-0.3, -0.25) is 29.0 Å². The Morgan fingerprint density at radius 2 is 0.895 bits per heavy atom. The van der Waals surface area contributed by atoms with Gasteiger partial charge in [-0.2, -0.15) is 0 Å². The fraction of sp³-hybridized carbons (Fsp3) is 0.116. The lowest BCUT2D eigenvalue weighted by Gasteiger charge is -2.24. The second kappa shape index (κ2) is 15.3. The Labute approximate surface area is 345 Å². The second-order valence-electron chi connectivity index (χ2n) is 13.2. The van der Waals surface area contributed by atoms with E-state index < -0.39 is 12.1 Å². The SMILES string of the molecule is CSc1ccccc1-c1nc2c(Cl)cccc2nc1[C@H](C)N1C(=O)c2ccccc2C1=O.C[C@@H](c1nc2cccc(Cl)c2nc1Cl)N1C(=O)c2ccccc2C1=O. The average molecular weight is 832 g/mol. The molecule has 0 fully saturated rings. The topological polar surface area (TPSA) is 126 Å². The zero-order valence-corrected chi connectivity index (χ0v) is 33.5. The van der Waals surface area contributed by atoms with Crippen LogP contribution in [0.4, 0.5) is 0 Å². The Morgan fingerprint density at radius 1 is 0.491 bits per heavy atom. The summed E-state index contributed by atoms with van der Waals surface area (Å²) in [5.41, 5.74) is 6.20. The molecular weight excluding hydrogens is 803 g/mol. The molecule has 2 aromatic heterocycles. The van der Waals surface area contributed by atoms with E-state index in [-0.39, 0.29) is 28.8 Å². The maximum atomic E-state index is 13.1. The molecule has 0 spiro atoms. The van der Waals surface area contributed by atoms with Gasteiger partial charge in [0.25, 0.3) is 23.6 Å². The molecule has 0 unspecified atom stereocenters. The van der Waals surface area contributed by atoms with Gasteiger partial charge < -0.3 is 0 Å². The Morgan fingerprint density at radius 3 is 1.37 bits per heavy atom. The summed E-state index contributed by atoms with van der Waals surface area (Å²) in [7, 11) is 0. The van der Waals surface area contributed by atoms with Gasteiger partial charge in [0, 0.05) is 10.5 Å². The van der Waals surface area contributed by atoms with Crippen LogP contribution in [0.25, 0.3) is 33.3 Å². The van der Waals surface area contributed by atoms with E-state index in [0.717, 1.165) is 15.4 Å². The standard InChI is InChI=1S/C25H18ClN3O2S.C18H11Cl2N3O2/c1-14(29-24(30)15-8-3-4-9-16(15)25(29)31)21-22(17-10-5-6-13-20(17)32-2)28-23-18(26)11-7-12-19(23)27-21;1-9(23-17(24)10-5-2-3-6-11(10)18(23)25)14-16(20)22-15-12(19)7-4-8-13(15)21-14/h3-14H,1-2H3;2-9H,1H3/t14-;9-/m00/s1. The van der Waals surface area contributed by atoms with Crippen LogP contribution in [0.1, 0.15) is 78.8 Å². The Balaban J connectivity index is 0.000000165. The van der Waals surface area contributed by atoms with Gasteiger partial charge in [0.15, 0.2) is 5.15 Å². The Bertz CT molecular complexity index is 2770. The molecule has 0 saturated carbocycles. The van der Waals surface area contributed by atoms with Gasteiger partial charge in [-0.05, 0) is 74.7 Å². The number of halogens is 3. The van der Waals surface area contributed by atoms with E-state index in [1.165, 1.54) is 4.90 Å². The minimum Gasteiger partial charge on any atom is -0.269 e. The van der Waals surface area contributed by atoms with Gasteiger partial charge in [-0.1, -0.05) is 89.4 Å². The van der Waals surface area contributed by atoms with Gasteiger partial charge in [0.2, 0.25) is 0 Å². The van der Waals surface area contributed by atoms with E-state index in [9.17, 15) is 19.2 Å². The highest BCUT2D eigenvalue weighted by Gasteiger charge is 2.41. The van der Waals surface area contributed by atoms with Gasteiger partial charge in [0.05, 0.1) is 66.8 Å². The van der Waals surface area contributed by atoms with Crippen molar-refractivity contribution >= 4 is 92.3 Å². The van der Waals surface area contributed by atoms with Gasteiger partial charge in [-0.15, -0.1) is 11.8 Å². The summed E-state index contributed by atoms with van der Waals surface area (Å²) in [5, 5.41) is 1.05. The number of hydrogen-bond donors (Lipinski definition) is 0. The molecule has 282 valence electrons. The molecule has 0 N–H and O–H groups in total. The number of rotatable bonds is 6. The summed E-state index contributed by atoms with van der Waals surface area (Å²) in [6.07, 6.45) is 1.99. The van der Waals surface area contributed by atoms with E-state index in [2.05, 4.69) is 9.97 Å². The number of thioether (sulfide) groups is 1. The lowest BCUT2D eigenvalue weighted by Crippen LogP contribution is -2.33. The van der Waals surface area contributed by atoms with E-state index in [0.29, 0.717) is 71.4 Å². The number of nitrogens with zero attached hydrogens (tertiary/aromatic N) is 6.